The number of aromatic nitrogens is 1. The highest BCUT2D eigenvalue weighted by Gasteiger charge is 2.54. The van der Waals surface area contributed by atoms with Gasteiger partial charge in [-0.2, -0.15) is 0 Å². The van der Waals surface area contributed by atoms with Gasteiger partial charge in [0.05, 0.1) is 32.4 Å². The van der Waals surface area contributed by atoms with E-state index in [0.29, 0.717) is 30.8 Å². The Labute approximate surface area is 167 Å². The van der Waals surface area contributed by atoms with Crippen LogP contribution in [0.15, 0.2) is 41.3 Å². The number of nitrogens with one attached hydrogen (secondary N) is 2. The maximum absolute atomic E-state index is 12.8. The SMILES string of the molecule is CNC(=O)c1cc(C(=O)NC2[C@H]3COC[C@@H]23)cn(Cc2cccc(OC)c2)c1=O. The van der Waals surface area contributed by atoms with Gasteiger partial charge in [-0.15, -0.1) is 0 Å². The molecule has 2 heterocycles. The molecule has 29 heavy (non-hydrogen) atoms. The molecule has 4 rings (SSSR count). The number of methoxy groups -OCH3 is 1. The fourth-order valence-corrected chi connectivity index (χ4v) is 3.83. The van der Waals surface area contributed by atoms with Gasteiger partial charge in [-0.1, -0.05) is 12.1 Å². The van der Waals surface area contributed by atoms with Gasteiger partial charge in [0.25, 0.3) is 17.4 Å². The molecule has 2 fully saturated rings. The Morgan fingerprint density at radius 1 is 1.21 bits per heavy atom. The number of benzene rings is 1. The van der Waals surface area contributed by atoms with Crippen LogP contribution in [0.25, 0.3) is 0 Å². The summed E-state index contributed by atoms with van der Waals surface area (Å²) < 4.78 is 12.0. The van der Waals surface area contributed by atoms with E-state index in [2.05, 4.69) is 10.6 Å². The third-order valence-corrected chi connectivity index (χ3v) is 5.56. The van der Waals surface area contributed by atoms with Crippen LogP contribution in [0.1, 0.15) is 26.3 Å². The second-order valence-electron chi connectivity index (χ2n) is 7.37. The number of nitrogens with zero attached hydrogens (tertiary/aromatic N) is 1. The van der Waals surface area contributed by atoms with Crippen LogP contribution < -0.4 is 20.9 Å². The first-order chi connectivity index (χ1) is 14.0. The van der Waals surface area contributed by atoms with Crippen LogP contribution in [-0.4, -0.2) is 49.8 Å². The lowest BCUT2D eigenvalue weighted by Gasteiger charge is -2.13. The number of carbonyl (C=O) groups is 2. The topological polar surface area (TPSA) is 98.7 Å². The molecule has 0 bridgehead atoms. The molecular weight excluding hydrogens is 374 g/mol. The zero-order valence-corrected chi connectivity index (χ0v) is 16.3. The van der Waals surface area contributed by atoms with Crippen molar-refractivity contribution < 1.29 is 19.1 Å². The van der Waals surface area contributed by atoms with Crippen LogP contribution in [0.5, 0.6) is 5.75 Å². The summed E-state index contributed by atoms with van der Waals surface area (Å²) in [4.78, 5) is 37.8. The van der Waals surface area contributed by atoms with Crippen LogP contribution in [0.3, 0.4) is 0 Å². The molecule has 2 amide bonds. The van der Waals surface area contributed by atoms with Crippen molar-refractivity contribution in [3.8, 4) is 5.75 Å². The van der Waals surface area contributed by atoms with Crippen molar-refractivity contribution in [3.63, 3.8) is 0 Å². The van der Waals surface area contributed by atoms with Gasteiger partial charge < -0.3 is 24.7 Å². The molecule has 1 unspecified atom stereocenters. The van der Waals surface area contributed by atoms with Crippen LogP contribution in [0, 0.1) is 11.8 Å². The molecule has 0 radical (unpaired) electrons. The van der Waals surface area contributed by atoms with Crippen molar-refractivity contribution >= 4 is 11.8 Å². The molecule has 1 saturated carbocycles. The zero-order chi connectivity index (χ0) is 20.5. The number of hydrogen-bond donors (Lipinski definition) is 2. The highest BCUT2D eigenvalue weighted by atomic mass is 16.5. The minimum atomic E-state index is -0.527. The number of amides is 2. The summed E-state index contributed by atoms with van der Waals surface area (Å²) in [5, 5.41) is 5.46. The lowest BCUT2D eigenvalue weighted by molar-refractivity contribution is 0.0928. The van der Waals surface area contributed by atoms with Gasteiger partial charge >= 0.3 is 0 Å². The molecule has 1 aliphatic heterocycles. The Kier molecular flexibility index (Phi) is 5.10. The summed E-state index contributed by atoms with van der Waals surface area (Å²) in [6.07, 6.45) is 1.50. The van der Waals surface area contributed by atoms with Gasteiger partial charge in [0.1, 0.15) is 11.3 Å². The highest BCUT2D eigenvalue weighted by Crippen LogP contribution is 2.44. The van der Waals surface area contributed by atoms with Crippen LogP contribution in [-0.2, 0) is 11.3 Å². The van der Waals surface area contributed by atoms with E-state index in [9.17, 15) is 14.4 Å². The third-order valence-electron chi connectivity index (χ3n) is 5.56. The maximum Gasteiger partial charge on any atom is 0.263 e. The molecule has 1 aromatic heterocycles. The minimum Gasteiger partial charge on any atom is -0.497 e. The molecule has 2 aromatic rings. The van der Waals surface area contributed by atoms with Crippen molar-refractivity contribution in [1.82, 2.24) is 15.2 Å². The average Bonchev–Trinajstić information content (AvgIpc) is 3.14. The van der Waals surface area contributed by atoms with E-state index in [1.807, 2.05) is 24.3 Å². The maximum atomic E-state index is 12.8. The average molecular weight is 397 g/mol. The number of carbonyl (C=O) groups excluding carboxylic acids is 2. The summed E-state index contributed by atoms with van der Waals surface area (Å²) in [7, 11) is 3.02. The van der Waals surface area contributed by atoms with Gasteiger partial charge in [-0.25, -0.2) is 0 Å². The van der Waals surface area contributed by atoms with E-state index >= 15 is 0 Å². The largest absolute Gasteiger partial charge is 0.497 e. The Morgan fingerprint density at radius 2 is 1.97 bits per heavy atom. The second kappa shape index (κ2) is 7.71. The molecule has 8 heteroatoms. The highest BCUT2D eigenvalue weighted by molar-refractivity contribution is 5.99. The molecule has 1 saturated heterocycles. The van der Waals surface area contributed by atoms with Crippen LogP contribution in [0.4, 0.5) is 0 Å². The van der Waals surface area contributed by atoms with Crippen LogP contribution >= 0.6 is 0 Å². The van der Waals surface area contributed by atoms with Gasteiger partial charge in [-0.3, -0.25) is 14.4 Å². The van der Waals surface area contributed by atoms with Gasteiger partial charge in [0, 0.05) is 31.1 Å². The molecule has 0 spiro atoms. The lowest BCUT2D eigenvalue weighted by atomic mass is 10.1. The Balaban J connectivity index is 1.64. The Bertz CT molecular complexity index is 1010. The van der Waals surface area contributed by atoms with Crippen molar-refractivity contribution in [2.75, 3.05) is 27.4 Å². The van der Waals surface area contributed by atoms with Gasteiger partial charge in [0.15, 0.2) is 0 Å². The monoisotopic (exact) mass is 397 g/mol. The molecule has 152 valence electrons. The number of ether oxygens (including phenoxy) is 2. The summed E-state index contributed by atoms with van der Waals surface area (Å²) in [6, 6.07) is 8.74. The fourth-order valence-electron chi connectivity index (χ4n) is 3.83. The minimum absolute atomic E-state index is 0.0672. The molecule has 8 nitrogen and oxygen atoms in total. The standard InChI is InChI=1S/C21H23N3O5/c1-22-20(26)15-7-13(19(25)23-18-16-10-29-11-17(16)18)9-24(21(15)27)8-12-4-3-5-14(6-12)28-2/h3-7,9,16-18H,8,10-11H2,1-2H3,(H,22,26)(H,23,25)/t16-,17+,18?. The van der Waals surface area contributed by atoms with E-state index in [4.69, 9.17) is 9.47 Å². The summed E-state index contributed by atoms with van der Waals surface area (Å²) in [6.45, 7) is 1.53. The Morgan fingerprint density at radius 3 is 2.66 bits per heavy atom. The molecule has 2 N–H and O–H groups in total. The van der Waals surface area contributed by atoms with Gasteiger partial charge in [0.2, 0.25) is 0 Å². The molecule has 1 aromatic carbocycles. The molecule has 2 aliphatic rings. The normalized spacial score (nSPS) is 21.9. The van der Waals surface area contributed by atoms with E-state index < -0.39 is 11.5 Å². The zero-order valence-electron chi connectivity index (χ0n) is 16.3. The molecule has 3 atom stereocenters. The van der Waals surface area contributed by atoms with E-state index in [-0.39, 0.29) is 29.6 Å². The number of fused-ring (bicyclic) bond motifs is 1. The number of hydrogen-bond acceptors (Lipinski definition) is 5. The number of rotatable bonds is 6. The molecule has 1 aliphatic carbocycles. The molecular formula is C21H23N3O5. The van der Waals surface area contributed by atoms with Crippen LogP contribution in [0.2, 0.25) is 0 Å². The van der Waals surface area contributed by atoms with Crippen molar-refractivity contribution in [3.05, 3.63) is 63.6 Å². The first-order valence-electron chi connectivity index (χ1n) is 9.50. The Hall–Kier alpha value is -3.13. The quantitative estimate of drug-likeness (QED) is 0.745. The summed E-state index contributed by atoms with van der Waals surface area (Å²) in [5.74, 6) is 0.563. The summed E-state index contributed by atoms with van der Waals surface area (Å²) in [5.41, 5.74) is 0.570. The van der Waals surface area contributed by atoms with E-state index in [0.717, 1.165) is 5.56 Å². The third kappa shape index (κ3) is 3.75. The predicted octanol–water partition coefficient (Wildman–Crippen LogP) is 0.639. The van der Waals surface area contributed by atoms with E-state index in [1.54, 1.807) is 7.11 Å². The first kappa shape index (κ1) is 19.2. The fraction of sp³-hybridized carbons (Fsp3) is 0.381. The number of pyridine rings is 1. The van der Waals surface area contributed by atoms with E-state index in [1.165, 1.54) is 23.9 Å². The lowest BCUT2D eigenvalue weighted by Crippen LogP contribution is -2.35. The second-order valence-corrected chi connectivity index (χ2v) is 7.37. The summed E-state index contributed by atoms with van der Waals surface area (Å²) >= 11 is 0. The van der Waals surface area contributed by atoms with Gasteiger partial charge in [-0.05, 0) is 23.8 Å². The van der Waals surface area contributed by atoms with Crippen molar-refractivity contribution in [2.24, 2.45) is 11.8 Å². The smallest absolute Gasteiger partial charge is 0.263 e. The van der Waals surface area contributed by atoms with Crippen molar-refractivity contribution in [2.45, 2.75) is 12.6 Å². The van der Waals surface area contributed by atoms with Crippen molar-refractivity contribution in [1.29, 1.82) is 0 Å². The first-order valence-corrected chi connectivity index (χ1v) is 9.50. The predicted molar refractivity (Wildman–Crippen MR) is 105 cm³/mol.